The zero-order chi connectivity index (χ0) is 29.7. The maximum Gasteiger partial charge on any atom is 0.336 e. The molecule has 2 aliphatic rings. The van der Waals surface area contributed by atoms with Crippen molar-refractivity contribution in [1.82, 2.24) is 5.32 Å². The molecular weight excluding hydrogens is 520 g/mol. The average Bonchev–Trinajstić information content (AvgIpc) is 2.97. The van der Waals surface area contributed by atoms with Gasteiger partial charge >= 0.3 is 11.9 Å². The average molecular weight is 561 g/mol. The maximum absolute atomic E-state index is 14.5. The molecule has 2 aromatic rings. The molecule has 1 heterocycles. The van der Waals surface area contributed by atoms with Gasteiger partial charge in [-0.25, -0.2) is 4.79 Å². The molecule has 0 fully saturated rings. The third-order valence-corrected chi connectivity index (χ3v) is 7.93. The first-order valence-corrected chi connectivity index (χ1v) is 14.4. The van der Waals surface area contributed by atoms with Crippen LogP contribution in [0.2, 0.25) is 0 Å². The first-order chi connectivity index (χ1) is 19.8. The largest absolute Gasteiger partial charge is 0.497 e. The van der Waals surface area contributed by atoms with Gasteiger partial charge in [0.15, 0.2) is 5.78 Å². The van der Waals surface area contributed by atoms with Crippen LogP contribution in [-0.2, 0) is 23.9 Å². The molecule has 0 aromatic heterocycles. The lowest BCUT2D eigenvalue weighted by molar-refractivity contribution is -0.152. The number of ketones is 1. The van der Waals surface area contributed by atoms with Crippen molar-refractivity contribution in [3.05, 3.63) is 82.2 Å². The molecule has 8 nitrogen and oxygen atoms in total. The van der Waals surface area contributed by atoms with Gasteiger partial charge in [-0.1, -0.05) is 24.3 Å². The summed E-state index contributed by atoms with van der Waals surface area (Å²) in [5.74, 6) is -2.99. The Hall–Kier alpha value is -4.07. The lowest BCUT2D eigenvalue weighted by Crippen LogP contribution is -2.43. The summed E-state index contributed by atoms with van der Waals surface area (Å²) in [6, 6.07) is 15.4. The van der Waals surface area contributed by atoms with Crippen molar-refractivity contribution in [2.45, 2.75) is 52.9 Å². The maximum atomic E-state index is 14.5. The summed E-state index contributed by atoms with van der Waals surface area (Å²) >= 11 is 0. The Bertz CT molecular complexity index is 1360. The lowest BCUT2D eigenvalue weighted by atomic mass is 9.67. The van der Waals surface area contributed by atoms with Crippen LogP contribution in [0.3, 0.4) is 0 Å². The summed E-state index contributed by atoms with van der Waals surface area (Å²) < 4.78 is 16.3. The first-order valence-electron chi connectivity index (χ1n) is 14.4. The highest BCUT2D eigenvalue weighted by molar-refractivity contribution is 6.13. The van der Waals surface area contributed by atoms with Crippen LogP contribution in [0.4, 0.5) is 5.69 Å². The van der Waals surface area contributed by atoms with E-state index in [1.165, 1.54) is 0 Å². The number of hydrogen-bond donors (Lipinski definition) is 1. The van der Waals surface area contributed by atoms with E-state index in [1.807, 2.05) is 55.5 Å². The normalized spacial score (nSPS) is 20.2. The van der Waals surface area contributed by atoms with Gasteiger partial charge in [0.1, 0.15) is 11.7 Å². The van der Waals surface area contributed by atoms with Crippen LogP contribution in [0.15, 0.2) is 71.1 Å². The fraction of sp³-hybridized carbons (Fsp3) is 0.424. The Balaban J connectivity index is 1.88. The predicted octanol–water partition coefficient (Wildman–Crippen LogP) is 5.26. The number of rotatable bonds is 10. The number of anilines is 1. The van der Waals surface area contributed by atoms with E-state index in [0.717, 1.165) is 29.9 Å². The van der Waals surface area contributed by atoms with Crippen LogP contribution in [0.25, 0.3) is 0 Å². The zero-order valence-corrected chi connectivity index (χ0v) is 24.8. The fourth-order valence-electron chi connectivity index (χ4n) is 6.00. The number of esters is 2. The molecule has 0 unspecified atom stereocenters. The van der Waals surface area contributed by atoms with Gasteiger partial charge in [-0.3, -0.25) is 9.59 Å². The first kappa shape index (κ1) is 29.9. The number of hydrogen-bond acceptors (Lipinski definition) is 8. The Labute approximate surface area is 242 Å². The minimum Gasteiger partial charge on any atom is -0.497 e. The van der Waals surface area contributed by atoms with Crippen molar-refractivity contribution in [1.29, 1.82) is 0 Å². The Morgan fingerprint density at radius 3 is 2.24 bits per heavy atom. The Morgan fingerprint density at radius 2 is 1.63 bits per heavy atom. The molecule has 0 spiro atoms. The van der Waals surface area contributed by atoms with Crippen molar-refractivity contribution in [3.63, 3.8) is 0 Å². The molecule has 4 rings (SSSR count). The third-order valence-electron chi connectivity index (χ3n) is 7.93. The van der Waals surface area contributed by atoms with E-state index >= 15 is 0 Å². The molecule has 0 saturated heterocycles. The summed E-state index contributed by atoms with van der Waals surface area (Å²) in [7, 11) is 1.58. The quantitative estimate of drug-likeness (QED) is 0.311. The van der Waals surface area contributed by atoms with Crippen LogP contribution in [0.5, 0.6) is 5.75 Å². The van der Waals surface area contributed by atoms with Gasteiger partial charge in [-0.2, -0.15) is 0 Å². The molecule has 3 atom stereocenters. The number of carbonyl (C=O) groups excluding carboxylic acids is 3. The highest BCUT2D eigenvalue weighted by atomic mass is 16.5. The van der Waals surface area contributed by atoms with E-state index in [1.54, 1.807) is 21.0 Å². The van der Waals surface area contributed by atoms with E-state index in [2.05, 4.69) is 24.1 Å². The second-order valence-corrected chi connectivity index (χ2v) is 10.2. The number of carbonyl (C=O) groups is 3. The van der Waals surface area contributed by atoms with Crippen molar-refractivity contribution in [3.8, 4) is 5.75 Å². The van der Waals surface area contributed by atoms with Gasteiger partial charge in [-0.05, 0) is 76.4 Å². The lowest BCUT2D eigenvalue weighted by Gasteiger charge is -2.39. The molecule has 2 aromatic carbocycles. The fourth-order valence-corrected chi connectivity index (χ4v) is 6.00. The summed E-state index contributed by atoms with van der Waals surface area (Å²) in [6.45, 7) is 11.6. The van der Waals surface area contributed by atoms with Crippen LogP contribution in [0, 0.1) is 5.92 Å². The standard InChI is InChI=1S/C33H40N2O6/c1-7-35(8-2)23-16-14-21(15-17-23)28-27(32(37)40-9-3)20(5)34-26-19-25(22-12-11-13-24(18-22)39-6)29(31(36)30(26)28)33(38)41-10-4/h11-18,25,28-29,34H,7-10,19H2,1-6H3/t25-,28+,29-/m1/s1. The van der Waals surface area contributed by atoms with Crippen LogP contribution in [0.1, 0.15) is 64.0 Å². The van der Waals surface area contributed by atoms with E-state index < -0.39 is 29.7 Å². The van der Waals surface area contributed by atoms with Crippen LogP contribution < -0.4 is 15.0 Å². The number of methoxy groups -OCH3 is 1. The zero-order valence-electron chi connectivity index (χ0n) is 24.8. The summed E-state index contributed by atoms with van der Waals surface area (Å²) in [5, 5.41) is 3.35. The van der Waals surface area contributed by atoms with Crippen molar-refractivity contribution in [2.24, 2.45) is 5.92 Å². The van der Waals surface area contributed by atoms with Gasteiger partial charge in [-0.15, -0.1) is 0 Å². The minimum absolute atomic E-state index is 0.154. The third kappa shape index (κ3) is 5.87. The molecular formula is C33H40N2O6. The number of allylic oxidation sites excluding steroid dienone is 3. The molecule has 1 aliphatic heterocycles. The number of nitrogens with one attached hydrogen (secondary N) is 1. The second kappa shape index (κ2) is 13.1. The van der Waals surface area contributed by atoms with Gasteiger partial charge < -0.3 is 24.4 Å². The SMILES string of the molecule is CCOC(=O)C1=C(C)NC2=C(C(=O)[C@H](C(=O)OCC)[C@@H](c3cccc(OC)c3)C2)[C@H]1c1ccc(N(CC)CC)cc1. The minimum atomic E-state index is -1.07. The summed E-state index contributed by atoms with van der Waals surface area (Å²) in [4.78, 5) is 43.5. The number of benzene rings is 2. The highest BCUT2D eigenvalue weighted by Crippen LogP contribution is 2.48. The predicted molar refractivity (Wildman–Crippen MR) is 158 cm³/mol. The van der Waals surface area contributed by atoms with Gasteiger partial charge in [0.2, 0.25) is 0 Å². The number of ether oxygens (including phenoxy) is 3. The highest BCUT2D eigenvalue weighted by Gasteiger charge is 2.49. The number of dihydropyridines is 1. The van der Waals surface area contributed by atoms with E-state index in [0.29, 0.717) is 34.7 Å². The summed E-state index contributed by atoms with van der Waals surface area (Å²) in [6.07, 6.45) is 0.388. The van der Waals surface area contributed by atoms with Gasteiger partial charge in [0.05, 0.1) is 25.9 Å². The molecule has 0 saturated carbocycles. The Morgan fingerprint density at radius 1 is 0.951 bits per heavy atom. The van der Waals surface area contributed by atoms with Crippen LogP contribution in [-0.4, -0.2) is 51.1 Å². The monoisotopic (exact) mass is 560 g/mol. The number of Topliss-reactive ketones (excluding diaryl/α,β-unsaturated/α-hetero) is 1. The van der Waals surface area contributed by atoms with E-state index in [4.69, 9.17) is 14.2 Å². The van der Waals surface area contributed by atoms with Crippen molar-refractivity contribution >= 4 is 23.4 Å². The second-order valence-electron chi connectivity index (χ2n) is 10.2. The molecule has 218 valence electrons. The van der Waals surface area contributed by atoms with E-state index in [9.17, 15) is 14.4 Å². The summed E-state index contributed by atoms with van der Waals surface area (Å²) in [5.41, 5.74) is 4.76. The van der Waals surface area contributed by atoms with Crippen molar-refractivity contribution in [2.75, 3.05) is 38.3 Å². The topological polar surface area (TPSA) is 94.2 Å². The Kier molecular flexibility index (Phi) is 9.53. The molecule has 0 radical (unpaired) electrons. The molecule has 1 N–H and O–H groups in total. The van der Waals surface area contributed by atoms with E-state index in [-0.39, 0.29) is 19.0 Å². The molecule has 1 aliphatic carbocycles. The molecule has 0 amide bonds. The van der Waals surface area contributed by atoms with Crippen molar-refractivity contribution < 1.29 is 28.6 Å². The van der Waals surface area contributed by atoms with Gasteiger partial charge in [0, 0.05) is 47.6 Å². The van der Waals surface area contributed by atoms with Gasteiger partial charge in [0.25, 0.3) is 0 Å². The molecule has 8 heteroatoms. The number of nitrogens with zero attached hydrogens (tertiary/aromatic N) is 1. The molecule has 41 heavy (non-hydrogen) atoms. The molecule has 0 bridgehead atoms. The van der Waals surface area contributed by atoms with Crippen LogP contribution >= 0.6 is 0 Å². The smallest absolute Gasteiger partial charge is 0.336 e.